The summed E-state index contributed by atoms with van der Waals surface area (Å²) in [7, 11) is 0. The van der Waals surface area contributed by atoms with Gasteiger partial charge in [-0.25, -0.2) is 4.79 Å². The van der Waals surface area contributed by atoms with Crippen LogP contribution in [0.1, 0.15) is 62.4 Å². The Morgan fingerprint density at radius 1 is 1.21 bits per heavy atom. The third-order valence-electron chi connectivity index (χ3n) is 5.00. The molecule has 2 saturated heterocycles. The molecule has 0 aromatic heterocycles. The second kappa shape index (κ2) is 7.24. The van der Waals surface area contributed by atoms with Crippen LogP contribution in [0.15, 0.2) is 24.3 Å². The summed E-state index contributed by atoms with van der Waals surface area (Å²) in [4.78, 5) is 14.7. The highest BCUT2D eigenvalue weighted by Crippen LogP contribution is 2.27. The van der Waals surface area contributed by atoms with E-state index in [1.807, 2.05) is 45.0 Å². The molecule has 0 bridgehead atoms. The lowest BCUT2D eigenvalue weighted by Gasteiger charge is -2.35. The van der Waals surface area contributed by atoms with Crippen LogP contribution in [0.2, 0.25) is 0 Å². The molecule has 2 heterocycles. The molecule has 0 unspecified atom stereocenters. The number of hydrogen-bond acceptors (Lipinski definition) is 4. The average Bonchev–Trinajstić information content (AvgIpc) is 2.99. The number of piperidine rings is 1. The molecule has 2 fully saturated rings. The summed E-state index contributed by atoms with van der Waals surface area (Å²) in [5, 5.41) is 3.69. The molecule has 1 N–H and O–H groups in total. The minimum Gasteiger partial charge on any atom is -0.456 e. The van der Waals surface area contributed by atoms with Crippen molar-refractivity contribution in [2.24, 2.45) is 0 Å². The van der Waals surface area contributed by atoms with Gasteiger partial charge < -0.3 is 15.0 Å². The first kappa shape index (κ1) is 17.4. The second-order valence-corrected chi connectivity index (χ2v) is 8.13. The van der Waals surface area contributed by atoms with Crippen LogP contribution in [0.25, 0.3) is 0 Å². The molecule has 2 atom stereocenters. The average molecular weight is 330 g/mol. The van der Waals surface area contributed by atoms with Gasteiger partial charge in [-0.3, -0.25) is 0 Å². The van der Waals surface area contributed by atoms with Crippen LogP contribution in [0.4, 0.5) is 0 Å². The topological polar surface area (TPSA) is 41.6 Å². The van der Waals surface area contributed by atoms with Crippen molar-refractivity contribution in [2.45, 2.75) is 70.7 Å². The lowest BCUT2D eigenvalue weighted by atomic mass is 9.97. The highest BCUT2D eigenvalue weighted by atomic mass is 16.6. The molecule has 0 saturated carbocycles. The summed E-state index contributed by atoms with van der Waals surface area (Å²) in [5.74, 6) is -0.254. The fourth-order valence-corrected chi connectivity index (χ4v) is 3.77. The lowest BCUT2D eigenvalue weighted by molar-refractivity contribution is 0.00695. The maximum absolute atomic E-state index is 12.0. The standard InChI is InChI=1S/C20H30N2O2/c1-20(2,3)24-19(23)16-8-6-15(7-9-16)14-21-17-10-12-22-11-4-5-18(22)13-17/h6-9,17-18,21H,4-5,10-14H2,1-3H3/t17-,18+/m0/s1. The number of nitrogens with one attached hydrogen (secondary N) is 1. The van der Waals surface area contributed by atoms with Crippen molar-refractivity contribution < 1.29 is 9.53 Å². The Bertz CT molecular complexity index is 562. The van der Waals surface area contributed by atoms with Gasteiger partial charge in [0.2, 0.25) is 0 Å². The summed E-state index contributed by atoms with van der Waals surface area (Å²) in [6.45, 7) is 9.06. The molecular formula is C20H30N2O2. The van der Waals surface area contributed by atoms with Crippen molar-refractivity contribution in [1.82, 2.24) is 10.2 Å². The Labute approximate surface area is 145 Å². The highest BCUT2D eigenvalue weighted by Gasteiger charge is 2.31. The normalized spacial score (nSPS) is 24.6. The van der Waals surface area contributed by atoms with E-state index < -0.39 is 5.60 Å². The predicted molar refractivity (Wildman–Crippen MR) is 96.1 cm³/mol. The van der Waals surface area contributed by atoms with Gasteiger partial charge in [-0.05, 0) is 77.2 Å². The number of hydrogen-bond donors (Lipinski definition) is 1. The van der Waals surface area contributed by atoms with Crippen LogP contribution in [0.5, 0.6) is 0 Å². The van der Waals surface area contributed by atoms with E-state index in [2.05, 4.69) is 10.2 Å². The number of esters is 1. The second-order valence-electron chi connectivity index (χ2n) is 8.13. The molecule has 2 aliphatic rings. The van der Waals surface area contributed by atoms with Crippen molar-refractivity contribution in [3.8, 4) is 0 Å². The van der Waals surface area contributed by atoms with Crippen molar-refractivity contribution >= 4 is 5.97 Å². The molecule has 1 aromatic carbocycles. The van der Waals surface area contributed by atoms with E-state index in [4.69, 9.17) is 4.74 Å². The molecule has 4 heteroatoms. The number of benzene rings is 1. The van der Waals surface area contributed by atoms with E-state index in [1.54, 1.807) is 0 Å². The van der Waals surface area contributed by atoms with Gasteiger partial charge in [-0.1, -0.05) is 12.1 Å². The van der Waals surface area contributed by atoms with Gasteiger partial charge in [-0.2, -0.15) is 0 Å². The number of carbonyl (C=O) groups excluding carboxylic acids is 1. The fourth-order valence-electron chi connectivity index (χ4n) is 3.77. The quantitative estimate of drug-likeness (QED) is 0.860. The molecule has 1 aromatic rings. The van der Waals surface area contributed by atoms with Crippen LogP contribution in [-0.4, -0.2) is 41.6 Å². The van der Waals surface area contributed by atoms with Gasteiger partial charge >= 0.3 is 5.97 Å². The van der Waals surface area contributed by atoms with E-state index in [0.29, 0.717) is 11.6 Å². The predicted octanol–water partition coefficient (Wildman–Crippen LogP) is 3.36. The zero-order chi connectivity index (χ0) is 17.2. The number of rotatable bonds is 4. The van der Waals surface area contributed by atoms with E-state index in [0.717, 1.165) is 12.6 Å². The number of ether oxygens (including phenoxy) is 1. The van der Waals surface area contributed by atoms with Gasteiger partial charge in [0.25, 0.3) is 0 Å². The Balaban J connectivity index is 1.48. The summed E-state index contributed by atoms with van der Waals surface area (Å²) in [5.41, 5.74) is 1.39. The van der Waals surface area contributed by atoms with Gasteiger partial charge in [0.1, 0.15) is 5.60 Å². The van der Waals surface area contributed by atoms with Crippen molar-refractivity contribution in [3.05, 3.63) is 35.4 Å². The smallest absolute Gasteiger partial charge is 0.338 e. The fraction of sp³-hybridized carbons (Fsp3) is 0.650. The third kappa shape index (κ3) is 4.58. The van der Waals surface area contributed by atoms with E-state index >= 15 is 0 Å². The maximum Gasteiger partial charge on any atom is 0.338 e. The Kier molecular flexibility index (Phi) is 5.26. The Morgan fingerprint density at radius 2 is 1.96 bits per heavy atom. The summed E-state index contributed by atoms with van der Waals surface area (Å²) < 4.78 is 5.40. The zero-order valence-corrected chi connectivity index (χ0v) is 15.2. The van der Waals surface area contributed by atoms with Gasteiger partial charge in [0.05, 0.1) is 5.56 Å². The van der Waals surface area contributed by atoms with Crippen LogP contribution in [0, 0.1) is 0 Å². The first-order chi connectivity index (χ1) is 11.4. The van der Waals surface area contributed by atoms with Crippen LogP contribution < -0.4 is 5.32 Å². The first-order valence-corrected chi connectivity index (χ1v) is 9.20. The molecule has 0 spiro atoms. The first-order valence-electron chi connectivity index (χ1n) is 9.20. The molecular weight excluding hydrogens is 300 g/mol. The molecule has 0 aliphatic carbocycles. The van der Waals surface area contributed by atoms with Gasteiger partial charge in [-0.15, -0.1) is 0 Å². The maximum atomic E-state index is 12.0. The molecule has 3 rings (SSSR count). The number of nitrogens with zero attached hydrogens (tertiary/aromatic N) is 1. The lowest BCUT2D eigenvalue weighted by Crippen LogP contribution is -2.45. The molecule has 4 nitrogen and oxygen atoms in total. The SMILES string of the molecule is CC(C)(C)OC(=O)c1ccc(CN[C@H]2CCN3CCC[C@@H]3C2)cc1. The van der Waals surface area contributed by atoms with Gasteiger partial charge in [0.15, 0.2) is 0 Å². The summed E-state index contributed by atoms with van der Waals surface area (Å²) in [6.07, 6.45) is 5.24. The largest absolute Gasteiger partial charge is 0.456 e. The summed E-state index contributed by atoms with van der Waals surface area (Å²) in [6, 6.07) is 9.20. The Morgan fingerprint density at radius 3 is 2.67 bits per heavy atom. The Hall–Kier alpha value is -1.39. The minimum atomic E-state index is -0.452. The highest BCUT2D eigenvalue weighted by molar-refractivity contribution is 5.89. The van der Waals surface area contributed by atoms with E-state index in [1.165, 1.54) is 44.3 Å². The number of fused-ring (bicyclic) bond motifs is 1. The molecule has 2 aliphatic heterocycles. The van der Waals surface area contributed by atoms with Crippen LogP contribution >= 0.6 is 0 Å². The van der Waals surface area contributed by atoms with Crippen molar-refractivity contribution in [3.63, 3.8) is 0 Å². The number of carbonyl (C=O) groups is 1. The molecule has 132 valence electrons. The third-order valence-corrected chi connectivity index (χ3v) is 5.00. The molecule has 0 amide bonds. The van der Waals surface area contributed by atoms with E-state index in [-0.39, 0.29) is 5.97 Å². The van der Waals surface area contributed by atoms with E-state index in [9.17, 15) is 4.79 Å². The zero-order valence-electron chi connectivity index (χ0n) is 15.2. The van der Waals surface area contributed by atoms with Gasteiger partial charge in [0, 0.05) is 18.6 Å². The van der Waals surface area contributed by atoms with Crippen molar-refractivity contribution in [1.29, 1.82) is 0 Å². The van der Waals surface area contributed by atoms with Crippen molar-refractivity contribution in [2.75, 3.05) is 13.1 Å². The monoisotopic (exact) mass is 330 g/mol. The summed E-state index contributed by atoms with van der Waals surface area (Å²) >= 11 is 0. The van der Waals surface area contributed by atoms with Crippen LogP contribution in [0.3, 0.4) is 0 Å². The minimum absolute atomic E-state index is 0.254. The molecule has 24 heavy (non-hydrogen) atoms. The molecule has 0 radical (unpaired) electrons. The van der Waals surface area contributed by atoms with Crippen LogP contribution in [-0.2, 0) is 11.3 Å².